The highest BCUT2D eigenvalue weighted by Gasteiger charge is 2.24. The van der Waals surface area contributed by atoms with E-state index in [4.69, 9.17) is 9.84 Å². The Morgan fingerprint density at radius 2 is 1.93 bits per heavy atom. The molecule has 2 aromatic rings. The molecule has 0 saturated carbocycles. The van der Waals surface area contributed by atoms with E-state index in [0.717, 1.165) is 30.4 Å². The number of benzene rings is 2. The average molecular weight is 666 g/mol. The monoisotopic (exact) mass is 664 g/mol. The molecular formula is C20H15Br2IN2O4S. The van der Waals surface area contributed by atoms with Crippen LogP contribution in [-0.2, 0) is 9.59 Å². The number of nitrogens with one attached hydrogen (secondary N) is 1. The van der Waals surface area contributed by atoms with Gasteiger partial charge in [0.25, 0.3) is 5.91 Å². The molecule has 10 heteroatoms. The van der Waals surface area contributed by atoms with E-state index in [1.807, 2.05) is 32.0 Å². The Hall–Kier alpha value is -1.37. The molecule has 1 aliphatic rings. The van der Waals surface area contributed by atoms with Crippen molar-refractivity contribution in [3.8, 4) is 5.75 Å². The van der Waals surface area contributed by atoms with Crippen LogP contribution in [0.15, 0.2) is 43.1 Å². The maximum atomic E-state index is 12.4. The number of amides is 1. The van der Waals surface area contributed by atoms with Crippen molar-refractivity contribution in [1.29, 1.82) is 0 Å². The lowest BCUT2D eigenvalue weighted by molar-refractivity contribution is -0.139. The summed E-state index contributed by atoms with van der Waals surface area (Å²) >= 11 is 10.3. The maximum absolute atomic E-state index is 12.4. The van der Waals surface area contributed by atoms with Crippen LogP contribution in [-0.4, -0.2) is 28.8 Å². The molecule has 1 aliphatic heterocycles. The molecule has 2 N–H and O–H groups in total. The summed E-state index contributed by atoms with van der Waals surface area (Å²) in [7, 11) is 0. The highest BCUT2D eigenvalue weighted by Crippen LogP contribution is 2.35. The van der Waals surface area contributed by atoms with Gasteiger partial charge >= 0.3 is 5.97 Å². The second-order valence-corrected chi connectivity index (χ2v) is 10.2. The Morgan fingerprint density at radius 1 is 1.27 bits per heavy atom. The molecule has 0 aromatic heterocycles. The number of hydrogen-bond donors (Lipinski definition) is 2. The van der Waals surface area contributed by atoms with Crippen LogP contribution in [0.2, 0.25) is 0 Å². The van der Waals surface area contributed by atoms with Gasteiger partial charge in [0.05, 0.1) is 18.6 Å². The fourth-order valence-electron chi connectivity index (χ4n) is 2.67. The summed E-state index contributed by atoms with van der Waals surface area (Å²) in [5.74, 6) is -0.820. The molecule has 0 atom stereocenters. The Bertz CT molecular complexity index is 1070. The van der Waals surface area contributed by atoms with Crippen LogP contribution in [0, 0.1) is 17.4 Å². The highest BCUT2D eigenvalue weighted by atomic mass is 127. The molecule has 0 bridgehead atoms. The van der Waals surface area contributed by atoms with Crippen LogP contribution in [0.5, 0.6) is 5.75 Å². The number of carboxylic acid groups (broad SMARTS) is 1. The first kappa shape index (κ1) is 23.3. The normalized spacial score (nSPS) is 16.2. The number of ether oxygens (including phenoxy) is 1. The SMILES string of the molecule is Cc1cc(N=C2NC(=O)/C(=C/c3cc(Br)c(OCC(=O)O)c(I)c3)S2)cc(C)c1Br. The lowest BCUT2D eigenvalue weighted by atomic mass is 10.1. The number of rotatable bonds is 5. The maximum Gasteiger partial charge on any atom is 0.341 e. The quantitative estimate of drug-likeness (QED) is 0.312. The Labute approximate surface area is 208 Å². The predicted octanol–water partition coefficient (Wildman–Crippen LogP) is 5.79. The molecule has 156 valence electrons. The largest absolute Gasteiger partial charge is 0.480 e. The molecule has 3 rings (SSSR count). The molecule has 0 radical (unpaired) electrons. The van der Waals surface area contributed by atoms with Gasteiger partial charge in [-0.05, 0) is 111 Å². The fourth-order valence-corrected chi connectivity index (χ4v) is 5.51. The zero-order chi connectivity index (χ0) is 22.0. The van der Waals surface area contributed by atoms with Crippen LogP contribution in [0.3, 0.4) is 0 Å². The van der Waals surface area contributed by atoms with Gasteiger partial charge in [0.1, 0.15) is 5.75 Å². The standard InChI is InChI=1S/C20H15Br2IN2O4S/c1-9-3-12(4-10(2)17(9)22)24-20-25-19(28)15(30-20)7-11-5-13(21)18(14(23)6-11)29-8-16(26)27/h3-7H,8H2,1-2H3,(H,26,27)(H,24,25,28)/b15-7-. The number of nitrogens with zero attached hydrogens (tertiary/aromatic N) is 1. The summed E-state index contributed by atoms with van der Waals surface area (Å²) in [6.07, 6.45) is 1.76. The predicted molar refractivity (Wildman–Crippen MR) is 134 cm³/mol. The van der Waals surface area contributed by atoms with Crippen molar-refractivity contribution >= 4 is 95.0 Å². The van der Waals surface area contributed by atoms with E-state index in [9.17, 15) is 9.59 Å². The van der Waals surface area contributed by atoms with Gasteiger partial charge in [-0.25, -0.2) is 9.79 Å². The van der Waals surface area contributed by atoms with Gasteiger partial charge in [0.15, 0.2) is 11.8 Å². The fraction of sp³-hybridized carbons (Fsp3) is 0.150. The summed E-state index contributed by atoms with van der Waals surface area (Å²) in [6, 6.07) is 7.50. The van der Waals surface area contributed by atoms with E-state index >= 15 is 0 Å². The minimum atomic E-state index is -1.05. The van der Waals surface area contributed by atoms with Gasteiger partial charge in [-0.2, -0.15) is 0 Å². The van der Waals surface area contributed by atoms with Gasteiger partial charge in [-0.15, -0.1) is 0 Å². The van der Waals surface area contributed by atoms with Crippen LogP contribution < -0.4 is 10.1 Å². The number of amidine groups is 1. The summed E-state index contributed by atoms with van der Waals surface area (Å²) in [6.45, 7) is 3.56. The number of carboxylic acids is 1. The van der Waals surface area contributed by atoms with E-state index in [0.29, 0.717) is 20.3 Å². The Kier molecular flexibility index (Phi) is 7.64. The van der Waals surface area contributed by atoms with E-state index in [-0.39, 0.29) is 5.91 Å². The van der Waals surface area contributed by atoms with Crippen molar-refractivity contribution in [3.63, 3.8) is 0 Å². The molecule has 0 spiro atoms. The zero-order valence-corrected chi connectivity index (χ0v) is 21.9. The van der Waals surface area contributed by atoms with Gasteiger partial charge in [0.2, 0.25) is 0 Å². The van der Waals surface area contributed by atoms with E-state index < -0.39 is 12.6 Å². The number of halogens is 3. The topological polar surface area (TPSA) is 88.0 Å². The number of carbonyl (C=O) groups is 2. The van der Waals surface area contributed by atoms with E-state index in [2.05, 4.69) is 64.8 Å². The number of aliphatic imine (C=N–C) groups is 1. The van der Waals surface area contributed by atoms with Gasteiger partial charge in [-0.3, -0.25) is 4.79 Å². The first-order valence-electron chi connectivity index (χ1n) is 8.54. The molecule has 30 heavy (non-hydrogen) atoms. The number of thioether (sulfide) groups is 1. The number of carbonyl (C=O) groups excluding carboxylic acids is 1. The van der Waals surface area contributed by atoms with Gasteiger partial charge in [-0.1, -0.05) is 15.9 Å². The third kappa shape index (κ3) is 5.65. The van der Waals surface area contributed by atoms with Crippen molar-refractivity contribution in [3.05, 3.63) is 58.4 Å². The Balaban J connectivity index is 1.83. The molecule has 1 fully saturated rings. The van der Waals surface area contributed by atoms with E-state index in [1.165, 1.54) is 11.8 Å². The summed E-state index contributed by atoms with van der Waals surface area (Å²) in [4.78, 5) is 28.2. The Morgan fingerprint density at radius 3 is 2.53 bits per heavy atom. The summed E-state index contributed by atoms with van der Waals surface area (Å²) in [5.41, 5.74) is 3.70. The molecule has 1 amide bonds. The van der Waals surface area contributed by atoms with Crippen LogP contribution in [0.1, 0.15) is 16.7 Å². The molecule has 2 aromatic carbocycles. The molecule has 6 nitrogen and oxygen atoms in total. The van der Waals surface area contributed by atoms with Crippen molar-refractivity contribution in [2.75, 3.05) is 6.61 Å². The first-order chi connectivity index (χ1) is 14.1. The molecule has 0 unspecified atom stereocenters. The highest BCUT2D eigenvalue weighted by molar-refractivity contribution is 14.1. The average Bonchev–Trinajstić information content (AvgIpc) is 2.97. The smallest absolute Gasteiger partial charge is 0.341 e. The van der Waals surface area contributed by atoms with Crippen LogP contribution in [0.25, 0.3) is 6.08 Å². The number of hydrogen-bond acceptors (Lipinski definition) is 5. The second-order valence-electron chi connectivity index (χ2n) is 6.37. The molecule has 1 saturated heterocycles. The number of aliphatic carboxylic acids is 1. The lowest BCUT2D eigenvalue weighted by Crippen LogP contribution is -2.19. The van der Waals surface area contributed by atoms with Crippen molar-refractivity contribution < 1.29 is 19.4 Å². The van der Waals surface area contributed by atoms with Gasteiger partial charge in [0, 0.05) is 4.47 Å². The van der Waals surface area contributed by atoms with Crippen molar-refractivity contribution in [1.82, 2.24) is 5.32 Å². The molecular weight excluding hydrogens is 651 g/mol. The first-order valence-corrected chi connectivity index (χ1v) is 12.0. The van der Waals surface area contributed by atoms with Crippen LogP contribution in [0.4, 0.5) is 5.69 Å². The lowest BCUT2D eigenvalue weighted by Gasteiger charge is -2.09. The third-order valence-electron chi connectivity index (χ3n) is 3.96. The van der Waals surface area contributed by atoms with Crippen LogP contribution >= 0.6 is 66.2 Å². The van der Waals surface area contributed by atoms with Crippen molar-refractivity contribution in [2.45, 2.75) is 13.8 Å². The third-order valence-corrected chi connectivity index (χ3v) is 7.51. The second kappa shape index (κ2) is 9.84. The van der Waals surface area contributed by atoms with Crippen molar-refractivity contribution in [2.24, 2.45) is 4.99 Å². The minimum absolute atomic E-state index is 0.221. The summed E-state index contributed by atoms with van der Waals surface area (Å²) < 4.78 is 7.69. The minimum Gasteiger partial charge on any atom is -0.480 e. The molecule has 0 aliphatic carbocycles. The zero-order valence-electron chi connectivity index (χ0n) is 15.8. The van der Waals surface area contributed by atoms with E-state index in [1.54, 1.807) is 12.1 Å². The van der Waals surface area contributed by atoms with Gasteiger partial charge < -0.3 is 15.2 Å². The molecule has 1 heterocycles. The summed E-state index contributed by atoms with van der Waals surface area (Å²) in [5, 5.41) is 12.1. The number of aryl methyl sites for hydroxylation is 2.